The highest BCUT2D eigenvalue weighted by atomic mass is 32.2. The van der Waals surface area contributed by atoms with Gasteiger partial charge >= 0.3 is 0 Å². The average Bonchev–Trinajstić information content (AvgIpc) is 2.13. The van der Waals surface area contributed by atoms with Gasteiger partial charge in [-0.05, 0) is 11.6 Å². The number of sulfonamides is 1. The molecule has 2 N–H and O–H groups in total. The number of benzene rings is 1. The van der Waals surface area contributed by atoms with Crippen LogP contribution in [-0.4, -0.2) is 26.5 Å². The summed E-state index contributed by atoms with van der Waals surface area (Å²) < 4.78 is 24.5. The summed E-state index contributed by atoms with van der Waals surface area (Å²) in [5.74, 6) is -0.970. The highest BCUT2D eigenvalue weighted by molar-refractivity contribution is 7.92. The van der Waals surface area contributed by atoms with E-state index in [2.05, 4.69) is 10.0 Å². The number of amides is 2. The number of carbonyl (C=O) groups is 2. The molecule has 7 heteroatoms. The van der Waals surface area contributed by atoms with Gasteiger partial charge in [-0.1, -0.05) is 12.1 Å². The predicted molar refractivity (Wildman–Crippen MR) is 61.1 cm³/mol. The number of carbonyl (C=O) groups excluding carboxylic acids is 2. The first-order valence-corrected chi connectivity index (χ1v) is 6.70. The summed E-state index contributed by atoms with van der Waals surface area (Å²) in [5, 5.41) is 2.15. The summed E-state index contributed by atoms with van der Waals surface area (Å²) in [5.41, 5.74) is 0.917. The van der Waals surface area contributed by atoms with Crippen molar-refractivity contribution in [3.8, 4) is 0 Å². The SMILES string of the molecule is CS(=O)(=O)Nc1cccc2c1C(=O)NC(=O)C2. The van der Waals surface area contributed by atoms with E-state index in [1.54, 1.807) is 12.1 Å². The van der Waals surface area contributed by atoms with Crippen LogP contribution in [0.2, 0.25) is 0 Å². The van der Waals surface area contributed by atoms with Crippen molar-refractivity contribution < 1.29 is 18.0 Å². The number of nitrogens with one attached hydrogen (secondary N) is 2. The normalized spacial score (nSPS) is 15.1. The van der Waals surface area contributed by atoms with Crippen LogP contribution in [0.5, 0.6) is 0 Å². The van der Waals surface area contributed by atoms with Gasteiger partial charge < -0.3 is 0 Å². The van der Waals surface area contributed by atoms with E-state index in [1.807, 2.05) is 0 Å². The Morgan fingerprint density at radius 1 is 1.29 bits per heavy atom. The minimum atomic E-state index is -3.46. The number of hydrogen-bond acceptors (Lipinski definition) is 4. The maximum absolute atomic E-state index is 11.6. The maximum atomic E-state index is 11.6. The smallest absolute Gasteiger partial charge is 0.260 e. The molecular formula is C10H10N2O4S. The van der Waals surface area contributed by atoms with Gasteiger partial charge in [0.2, 0.25) is 15.9 Å². The van der Waals surface area contributed by atoms with Crippen molar-refractivity contribution in [1.82, 2.24) is 5.32 Å². The van der Waals surface area contributed by atoms with E-state index >= 15 is 0 Å². The zero-order valence-corrected chi connectivity index (χ0v) is 9.80. The van der Waals surface area contributed by atoms with Crippen LogP contribution in [0.1, 0.15) is 15.9 Å². The third-order valence-corrected chi connectivity index (χ3v) is 2.87. The molecule has 0 radical (unpaired) electrons. The Morgan fingerprint density at radius 2 is 2.00 bits per heavy atom. The molecule has 1 aromatic carbocycles. The standard InChI is InChI=1S/C10H10N2O4S/c1-17(15,16)12-7-4-2-3-6-5-8(13)11-10(14)9(6)7/h2-4,12H,5H2,1H3,(H,11,13,14). The predicted octanol–water partition coefficient (Wildman–Crippen LogP) is -0.129. The lowest BCUT2D eigenvalue weighted by molar-refractivity contribution is -0.119. The summed E-state index contributed by atoms with van der Waals surface area (Å²) in [6.07, 6.45) is 1.07. The summed E-state index contributed by atoms with van der Waals surface area (Å²) in [7, 11) is -3.46. The molecule has 90 valence electrons. The monoisotopic (exact) mass is 254 g/mol. The molecule has 0 spiro atoms. The zero-order chi connectivity index (χ0) is 12.6. The summed E-state index contributed by atoms with van der Waals surface area (Å²) >= 11 is 0. The van der Waals surface area contributed by atoms with Crippen molar-refractivity contribution in [3.63, 3.8) is 0 Å². The van der Waals surface area contributed by atoms with Gasteiger partial charge in [-0.2, -0.15) is 0 Å². The Labute approximate surface area is 98.1 Å². The van der Waals surface area contributed by atoms with E-state index in [0.29, 0.717) is 5.56 Å². The minimum absolute atomic E-state index is 0.0698. The fraction of sp³-hybridized carbons (Fsp3) is 0.200. The molecular weight excluding hydrogens is 244 g/mol. The van der Waals surface area contributed by atoms with E-state index in [9.17, 15) is 18.0 Å². The molecule has 0 fully saturated rings. The van der Waals surface area contributed by atoms with Crippen LogP contribution < -0.4 is 10.0 Å². The van der Waals surface area contributed by atoms with E-state index in [1.165, 1.54) is 6.07 Å². The lowest BCUT2D eigenvalue weighted by atomic mass is 9.98. The Hall–Kier alpha value is -1.89. The number of hydrogen-bond donors (Lipinski definition) is 2. The van der Waals surface area contributed by atoms with Gasteiger partial charge in [0.05, 0.1) is 23.9 Å². The molecule has 2 rings (SSSR count). The third-order valence-electron chi connectivity index (χ3n) is 2.28. The largest absolute Gasteiger partial charge is 0.292 e. The molecule has 6 nitrogen and oxygen atoms in total. The Morgan fingerprint density at radius 3 is 2.65 bits per heavy atom. The minimum Gasteiger partial charge on any atom is -0.292 e. The second kappa shape index (κ2) is 3.85. The Kier molecular flexibility index (Phi) is 2.62. The van der Waals surface area contributed by atoms with Crippen molar-refractivity contribution in [3.05, 3.63) is 29.3 Å². The molecule has 1 aromatic rings. The van der Waals surface area contributed by atoms with Gasteiger partial charge in [0.1, 0.15) is 0 Å². The molecule has 17 heavy (non-hydrogen) atoms. The van der Waals surface area contributed by atoms with E-state index < -0.39 is 15.9 Å². The maximum Gasteiger partial charge on any atom is 0.260 e. The number of imide groups is 1. The Bertz CT molecular complexity index is 607. The lowest BCUT2D eigenvalue weighted by Crippen LogP contribution is -2.37. The molecule has 1 heterocycles. The first-order valence-electron chi connectivity index (χ1n) is 4.81. The fourth-order valence-corrected chi connectivity index (χ4v) is 2.28. The van der Waals surface area contributed by atoms with Gasteiger partial charge in [0.25, 0.3) is 5.91 Å². The van der Waals surface area contributed by atoms with Crippen LogP contribution in [0.15, 0.2) is 18.2 Å². The van der Waals surface area contributed by atoms with E-state index in [-0.39, 0.29) is 23.6 Å². The van der Waals surface area contributed by atoms with Crippen LogP contribution in [0.3, 0.4) is 0 Å². The van der Waals surface area contributed by atoms with E-state index in [0.717, 1.165) is 6.26 Å². The number of anilines is 1. The molecule has 0 atom stereocenters. The second-order valence-corrected chi connectivity index (χ2v) is 5.52. The number of fused-ring (bicyclic) bond motifs is 1. The van der Waals surface area contributed by atoms with Crippen LogP contribution in [-0.2, 0) is 21.2 Å². The molecule has 0 saturated carbocycles. The average molecular weight is 254 g/mol. The first kappa shape index (κ1) is 11.6. The van der Waals surface area contributed by atoms with Gasteiger partial charge in [0.15, 0.2) is 0 Å². The Balaban J connectivity index is 2.53. The number of rotatable bonds is 2. The molecule has 0 aromatic heterocycles. The molecule has 0 saturated heterocycles. The second-order valence-electron chi connectivity index (χ2n) is 3.77. The first-order chi connectivity index (χ1) is 7.87. The lowest BCUT2D eigenvalue weighted by Gasteiger charge is -2.18. The van der Waals surface area contributed by atoms with Crippen molar-refractivity contribution in [1.29, 1.82) is 0 Å². The van der Waals surface area contributed by atoms with Crippen molar-refractivity contribution in [2.24, 2.45) is 0 Å². The quantitative estimate of drug-likeness (QED) is 0.719. The van der Waals surface area contributed by atoms with Gasteiger partial charge in [-0.3, -0.25) is 19.6 Å². The van der Waals surface area contributed by atoms with Gasteiger partial charge in [-0.25, -0.2) is 8.42 Å². The highest BCUT2D eigenvalue weighted by Gasteiger charge is 2.25. The van der Waals surface area contributed by atoms with Crippen molar-refractivity contribution in [2.45, 2.75) is 6.42 Å². The van der Waals surface area contributed by atoms with Crippen molar-refractivity contribution in [2.75, 3.05) is 11.0 Å². The fourth-order valence-electron chi connectivity index (χ4n) is 1.71. The molecule has 2 amide bonds. The molecule has 1 aliphatic rings. The molecule has 0 unspecified atom stereocenters. The zero-order valence-electron chi connectivity index (χ0n) is 8.98. The summed E-state index contributed by atoms with van der Waals surface area (Å²) in [6, 6.07) is 4.70. The summed E-state index contributed by atoms with van der Waals surface area (Å²) in [6.45, 7) is 0. The van der Waals surface area contributed by atoms with Crippen molar-refractivity contribution >= 4 is 27.5 Å². The van der Waals surface area contributed by atoms with E-state index in [4.69, 9.17) is 0 Å². The molecule has 0 bridgehead atoms. The van der Waals surface area contributed by atoms with Gasteiger partial charge in [-0.15, -0.1) is 0 Å². The third kappa shape index (κ3) is 2.44. The molecule has 0 aliphatic carbocycles. The van der Waals surface area contributed by atoms with Gasteiger partial charge in [0, 0.05) is 0 Å². The highest BCUT2D eigenvalue weighted by Crippen LogP contribution is 2.23. The van der Waals surface area contributed by atoms with Crippen LogP contribution in [0.25, 0.3) is 0 Å². The van der Waals surface area contributed by atoms with Crippen LogP contribution in [0.4, 0.5) is 5.69 Å². The topological polar surface area (TPSA) is 92.3 Å². The summed E-state index contributed by atoms with van der Waals surface area (Å²) in [4.78, 5) is 22.8. The van der Waals surface area contributed by atoms with Crippen LogP contribution in [0, 0.1) is 0 Å². The van der Waals surface area contributed by atoms with Crippen LogP contribution >= 0.6 is 0 Å². The molecule has 1 aliphatic heterocycles.